The van der Waals surface area contributed by atoms with Gasteiger partial charge in [0.1, 0.15) is 0 Å². The van der Waals surface area contributed by atoms with Crippen LogP contribution in [0.25, 0.3) is 22.0 Å². The van der Waals surface area contributed by atoms with Crippen molar-refractivity contribution in [1.29, 1.82) is 0 Å². The topological polar surface area (TPSA) is 136 Å². The SMILES string of the molecule is CC(C)(O)c1ccc(S(=O)(=O)C(F)(Cc2cccc(-c3cc(C(C)(C)S(C)(=O)=O)cc4cccnc34)c2)c2ccc(S(C)(=O)=O)cc2)cc1. The Bertz CT molecular complexity index is 2380. The van der Waals surface area contributed by atoms with Crippen LogP contribution in [0.5, 0.6) is 0 Å². The minimum Gasteiger partial charge on any atom is -0.386 e. The minimum absolute atomic E-state index is 0.0937. The van der Waals surface area contributed by atoms with E-state index in [4.69, 9.17) is 0 Å². The summed E-state index contributed by atoms with van der Waals surface area (Å²) in [5.41, 5.74) is 1.47. The average Bonchev–Trinajstić information content (AvgIpc) is 3.03. The molecular weight excluding hydrogens is 686 g/mol. The third kappa shape index (κ3) is 6.92. The Morgan fingerprint density at radius 1 is 0.694 bits per heavy atom. The van der Waals surface area contributed by atoms with Gasteiger partial charge in [0, 0.05) is 41.6 Å². The second-order valence-electron chi connectivity index (χ2n) is 13.4. The maximum atomic E-state index is 17.7. The molecule has 0 radical (unpaired) electrons. The number of hydrogen-bond acceptors (Lipinski definition) is 8. The molecule has 1 unspecified atom stereocenters. The summed E-state index contributed by atoms with van der Waals surface area (Å²) in [6.45, 7) is 6.32. The summed E-state index contributed by atoms with van der Waals surface area (Å²) < 4.78 is 94.8. The van der Waals surface area contributed by atoms with Crippen LogP contribution in [-0.4, -0.2) is 47.9 Å². The first kappa shape index (κ1) is 36.3. The van der Waals surface area contributed by atoms with Gasteiger partial charge in [-0.05, 0) is 92.4 Å². The van der Waals surface area contributed by atoms with Crippen molar-refractivity contribution >= 4 is 40.4 Å². The van der Waals surface area contributed by atoms with E-state index in [1.807, 2.05) is 6.07 Å². The number of fused-ring (bicyclic) bond motifs is 1. The molecule has 1 atom stereocenters. The molecule has 1 aromatic heterocycles. The summed E-state index contributed by atoms with van der Waals surface area (Å²) in [6.07, 6.45) is 3.14. The molecule has 0 aliphatic carbocycles. The number of hydrogen-bond donors (Lipinski definition) is 1. The molecule has 12 heteroatoms. The molecule has 258 valence electrons. The van der Waals surface area contributed by atoms with E-state index >= 15 is 4.39 Å². The lowest BCUT2D eigenvalue weighted by Crippen LogP contribution is -2.34. The molecule has 4 aromatic carbocycles. The highest BCUT2D eigenvalue weighted by Crippen LogP contribution is 2.42. The van der Waals surface area contributed by atoms with Gasteiger partial charge in [-0.15, -0.1) is 0 Å². The van der Waals surface area contributed by atoms with Crippen LogP contribution in [0.15, 0.2) is 113 Å². The van der Waals surface area contributed by atoms with Crippen LogP contribution in [0, 0.1) is 0 Å². The third-order valence-corrected chi connectivity index (χ3v) is 14.3. The summed E-state index contributed by atoms with van der Waals surface area (Å²) in [5.74, 6) is 0. The van der Waals surface area contributed by atoms with E-state index in [2.05, 4.69) is 4.98 Å². The van der Waals surface area contributed by atoms with Crippen LogP contribution in [-0.2, 0) is 51.3 Å². The average molecular weight is 724 g/mol. The molecule has 0 aliphatic rings. The van der Waals surface area contributed by atoms with Gasteiger partial charge in [0.15, 0.2) is 19.7 Å². The Labute approximate surface area is 287 Å². The van der Waals surface area contributed by atoms with Gasteiger partial charge in [-0.2, -0.15) is 0 Å². The number of benzene rings is 4. The van der Waals surface area contributed by atoms with Crippen LogP contribution in [0.2, 0.25) is 0 Å². The van der Waals surface area contributed by atoms with Crippen LogP contribution in [0.1, 0.15) is 49.9 Å². The van der Waals surface area contributed by atoms with E-state index < -0.39 is 51.3 Å². The zero-order valence-corrected chi connectivity index (χ0v) is 30.4. The number of aromatic nitrogens is 1. The standard InChI is InChI=1S/C37H38FNO7S3/c1-35(2,40)28-12-18-32(19-13-28)49(45,46)37(38,29-14-16-31(17-15-29)47(5,41)42)24-25-9-7-10-26(21-25)33-23-30(36(3,4)48(6,43)44)22-27-11-8-20-39-34(27)33/h7-23,40H,24H2,1-6H3. The Morgan fingerprint density at radius 2 is 1.29 bits per heavy atom. The molecule has 0 fully saturated rings. The molecule has 5 rings (SSSR count). The zero-order chi connectivity index (χ0) is 36.2. The zero-order valence-electron chi connectivity index (χ0n) is 28.0. The van der Waals surface area contributed by atoms with Crippen molar-refractivity contribution in [2.24, 2.45) is 0 Å². The highest BCUT2D eigenvalue weighted by atomic mass is 32.2. The van der Waals surface area contributed by atoms with Gasteiger partial charge >= 0.3 is 0 Å². The number of rotatable bonds is 10. The van der Waals surface area contributed by atoms with E-state index in [-0.39, 0.29) is 15.4 Å². The number of alkyl halides is 1. The van der Waals surface area contributed by atoms with Crippen molar-refractivity contribution in [2.45, 2.75) is 59.3 Å². The molecule has 49 heavy (non-hydrogen) atoms. The third-order valence-electron chi connectivity index (χ3n) is 9.01. The van der Waals surface area contributed by atoms with Crippen molar-refractivity contribution in [3.8, 4) is 11.1 Å². The monoisotopic (exact) mass is 723 g/mol. The van der Waals surface area contributed by atoms with Crippen LogP contribution < -0.4 is 0 Å². The lowest BCUT2D eigenvalue weighted by atomic mass is 9.92. The number of nitrogens with zero attached hydrogens (tertiary/aromatic N) is 1. The summed E-state index contributed by atoms with van der Waals surface area (Å²) >= 11 is 0. The normalized spacial score (nSPS) is 14.4. The second kappa shape index (κ2) is 12.4. The largest absolute Gasteiger partial charge is 0.386 e. The summed E-state index contributed by atoms with van der Waals surface area (Å²) in [6, 6.07) is 23.7. The number of halogens is 1. The first-order chi connectivity index (χ1) is 22.6. The predicted octanol–water partition coefficient (Wildman–Crippen LogP) is 6.65. The van der Waals surface area contributed by atoms with E-state index in [1.54, 1.807) is 76.4 Å². The number of sulfone groups is 3. The molecule has 1 N–H and O–H groups in total. The van der Waals surface area contributed by atoms with Gasteiger partial charge in [-0.1, -0.05) is 54.6 Å². The molecule has 0 aliphatic heterocycles. The van der Waals surface area contributed by atoms with Crippen LogP contribution >= 0.6 is 0 Å². The van der Waals surface area contributed by atoms with Crippen LogP contribution in [0.4, 0.5) is 4.39 Å². The molecule has 8 nitrogen and oxygen atoms in total. The molecule has 0 amide bonds. The van der Waals surface area contributed by atoms with E-state index in [1.165, 1.54) is 42.7 Å². The van der Waals surface area contributed by atoms with Gasteiger partial charge in [0.05, 0.1) is 25.7 Å². The fourth-order valence-corrected chi connectivity index (χ4v) is 8.46. The first-order valence-corrected chi connectivity index (χ1v) is 20.6. The smallest absolute Gasteiger partial charge is 0.244 e. The molecule has 0 bridgehead atoms. The maximum Gasteiger partial charge on any atom is 0.244 e. The van der Waals surface area contributed by atoms with Gasteiger partial charge in [0.25, 0.3) is 0 Å². The van der Waals surface area contributed by atoms with Crippen LogP contribution in [0.3, 0.4) is 0 Å². The predicted molar refractivity (Wildman–Crippen MR) is 190 cm³/mol. The molecular formula is C37H38FNO7S3. The molecule has 5 aromatic rings. The van der Waals surface area contributed by atoms with E-state index in [9.17, 15) is 30.4 Å². The first-order valence-electron chi connectivity index (χ1n) is 15.3. The quantitative estimate of drug-likeness (QED) is 0.169. The van der Waals surface area contributed by atoms with Gasteiger partial charge in [-0.25, -0.2) is 29.6 Å². The molecule has 0 saturated carbocycles. The highest BCUT2D eigenvalue weighted by molar-refractivity contribution is 7.92. The van der Waals surface area contributed by atoms with Gasteiger partial charge < -0.3 is 5.11 Å². The summed E-state index contributed by atoms with van der Waals surface area (Å²) in [4.78, 5) is 4.12. The lowest BCUT2D eigenvalue weighted by Gasteiger charge is -2.27. The second-order valence-corrected chi connectivity index (χ2v) is 20.1. The Balaban J connectivity index is 1.68. The van der Waals surface area contributed by atoms with E-state index in [0.717, 1.165) is 18.4 Å². The summed E-state index contributed by atoms with van der Waals surface area (Å²) in [5, 5.41) is 8.02. The van der Waals surface area contributed by atoms with Crippen molar-refractivity contribution in [2.75, 3.05) is 12.5 Å². The molecule has 0 saturated heterocycles. The Morgan fingerprint density at radius 3 is 1.86 bits per heavy atom. The number of aliphatic hydroxyl groups is 1. The fourth-order valence-electron chi connectivity index (χ4n) is 5.62. The van der Waals surface area contributed by atoms with Gasteiger partial charge in [0.2, 0.25) is 14.8 Å². The Kier molecular flexibility index (Phi) is 9.20. The number of pyridine rings is 1. The van der Waals surface area contributed by atoms with Crippen molar-refractivity contribution in [3.05, 3.63) is 126 Å². The minimum atomic E-state index is -4.79. The lowest BCUT2D eigenvalue weighted by molar-refractivity contribution is 0.0785. The van der Waals surface area contributed by atoms with Crippen molar-refractivity contribution in [1.82, 2.24) is 4.98 Å². The summed E-state index contributed by atoms with van der Waals surface area (Å²) in [7, 11) is -12.0. The maximum absolute atomic E-state index is 17.7. The Hall–Kier alpha value is -3.97. The van der Waals surface area contributed by atoms with Crippen molar-refractivity contribution in [3.63, 3.8) is 0 Å². The van der Waals surface area contributed by atoms with E-state index in [0.29, 0.717) is 38.7 Å². The van der Waals surface area contributed by atoms with Crippen molar-refractivity contribution < 1.29 is 34.8 Å². The molecule has 0 spiro atoms. The fraction of sp³-hybridized carbons (Fsp3) is 0.270. The van der Waals surface area contributed by atoms with Gasteiger partial charge in [-0.3, -0.25) is 4.98 Å². The highest BCUT2D eigenvalue weighted by Gasteiger charge is 2.47. The molecule has 1 heterocycles.